The SMILES string of the molecule is COC(C1CCCCC1)C(NN)c1cccs1. The molecular formula is C13H22N2OS. The van der Waals surface area contributed by atoms with Crippen molar-refractivity contribution in [2.45, 2.75) is 44.2 Å². The molecule has 1 aliphatic rings. The van der Waals surface area contributed by atoms with Gasteiger partial charge in [-0.05, 0) is 30.2 Å². The highest BCUT2D eigenvalue weighted by atomic mass is 32.1. The van der Waals surface area contributed by atoms with E-state index in [0.717, 1.165) is 0 Å². The summed E-state index contributed by atoms with van der Waals surface area (Å²) in [4.78, 5) is 1.27. The van der Waals surface area contributed by atoms with Crippen LogP contribution in [0.1, 0.15) is 43.0 Å². The number of nitrogens with one attached hydrogen (secondary N) is 1. The number of hydrazine groups is 1. The van der Waals surface area contributed by atoms with Gasteiger partial charge in [0.1, 0.15) is 0 Å². The Hall–Kier alpha value is -0.420. The molecule has 1 aromatic rings. The molecule has 0 aliphatic heterocycles. The van der Waals surface area contributed by atoms with E-state index in [2.05, 4.69) is 22.9 Å². The summed E-state index contributed by atoms with van der Waals surface area (Å²) < 4.78 is 5.73. The zero-order valence-corrected chi connectivity index (χ0v) is 11.2. The smallest absolute Gasteiger partial charge is 0.0817 e. The van der Waals surface area contributed by atoms with Crippen molar-refractivity contribution in [3.63, 3.8) is 0 Å². The number of rotatable bonds is 5. The highest BCUT2D eigenvalue weighted by molar-refractivity contribution is 7.10. The molecule has 1 saturated carbocycles. The quantitative estimate of drug-likeness (QED) is 0.627. The molecule has 1 heterocycles. The average molecular weight is 254 g/mol. The second-order valence-corrected chi connectivity index (χ2v) is 5.74. The minimum absolute atomic E-state index is 0.128. The summed E-state index contributed by atoms with van der Waals surface area (Å²) in [6.45, 7) is 0. The first kappa shape index (κ1) is 13.0. The summed E-state index contributed by atoms with van der Waals surface area (Å²) in [6, 6.07) is 4.32. The van der Waals surface area contributed by atoms with E-state index in [-0.39, 0.29) is 12.1 Å². The van der Waals surface area contributed by atoms with Crippen LogP contribution in [-0.4, -0.2) is 13.2 Å². The van der Waals surface area contributed by atoms with Crippen molar-refractivity contribution in [1.82, 2.24) is 5.43 Å². The molecule has 96 valence electrons. The van der Waals surface area contributed by atoms with E-state index in [1.807, 2.05) is 0 Å². The van der Waals surface area contributed by atoms with Crippen LogP contribution in [0.3, 0.4) is 0 Å². The van der Waals surface area contributed by atoms with Crippen LogP contribution in [0.2, 0.25) is 0 Å². The molecule has 2 atom stereocenters. The number of methoxy groups -OCH3 is 1. The average Bonchev–Trinajstić information content (AvgIpc) is 2.90. The molecule has 1 fully saturated rings. The third kappa shape index (κ3) is 3.07. The maximum absolute atomic E-state index is 5.73. The zero-order chi connectivity index (χ0) is 12.1. The Balaban J connectivity index is 2.09. The molecule has 1 aromatic heterocycles. The second-order valence-electron chi connectivity index (χ2n) is 4.76. The van der Waals surface area contributed by atoms with Gasteiger partial charge in [-0.2, -0.15) is 0 Å². The molecule has 1 aliphatic carbocycles. The van der Waals surface area contributed by atoms with E-state index < -0.39 is 0 Å². The Kier molecular flexibility index (Phi) is 4.98. The summed E-state index contributed by atoms with van der Waals surface area (Å²) in [5.41, 5.74) is 2.94. The van der Waals surface area contributed by atoms with Gasteiger partial charge in [0.2, 0.25) is 0 Å². The molecule has 0 saturated heterocycles. The number of ether oxygens (including phenoxy) is 1. The predicted molar refractivity (Wildman–Crippen MR) is 71.8 cm³/mol. The van der Waals surface area contributed by atoms with Gasteiger partial charge in [0.25, 0.3) is 0 Å². The van der Waals surface area contributed by atoms with Crippen LogP contribution in [0.25, 0.3) is 0 Å². The van der Waals surface area contributed by atoms with Crippen molar-refractivity contribution in [3.8, 4) is 0 Å². The fourth-order valence-electron chi connectivity index (χ4n) is 2.87. The Bertz CT molecular complexity index is 309. The van der Waals surface area contributed by atoms with Gasteiger partial charge in [-0.25, -0.2) is 5.43 Å². The van der Waals surface area contributed by atoms with Gasteiger partial charge in [-0.3, -0.25) is 5.84 Å². The van der Waals surface area contributed by atoms with Gasteiger partial charge in [-0.15, -0.1) is 11.3 Å². The van der Waals surface area contributed by atoms with Gasteiger partial charge < -0.3 is 4.74 Å². The number of thiophene rings is 1. The maximum atomic E-state index is 5.73. The third-order valence-electron chi connectivity index (χ3n) is 3.74. The third-order valence-corrected chi connectivity index (χ3v) is 4.70. The predicted octanol–water partition coefficient (Wildman–Crippen LogP) is 2.85. The largest absolute Gasteiger partial charge is 0.379 e. The lowest BCUT2D eigenvalue weighted by Crippen LogP contribution is -2.41. The Morgan fingerprint density at radius 1 is 1.41 bits per heavy atom. The summed E-state index contributed by atoms with van der Waals surface area (Å²) in [7, 11) is 1.80. The Morgan fingerprint density at radius 3 is 2.71 bits per heavy atom. The summed E-state index contributed by atoms with van der Waals surface area (Å²) in [6.07, 6.45) is 6.74. The normalized spacial score (nSPS) is 21.3. The van der Waals surface area contributed by atoms with Crippen LogP contribution in [0.5, 0.6) is 0 Å². The molecule has 0 radical (unpaired) electrons. The van der Waals surface area contributed by atoms with Crippen LogP contribution in [-0.2, 0) is 4.74 Å². The van der Waals surface area contributed by atoms with Crippen molar-refractivity contribution in [2.75, 3.05) is 7.11 Å². The summed E-state index contributed by atoms with van der Waals surface area (Å²) >= 11 is 1.74. The first-order valence-electron chi connectivity index (χ1n) is 6.39. The lowest BCUT2D eigenvalue weighted by Gasteiger charge is -2.34. The molecule has 17 heavy (non-hydrogen) atoms. The van der Waals surface area contributed by atoms with E-state index in [4.69, 9.17) is 10.6 Å². The lowest BCUT2D eigenvalue weighted by atomic mass is 9.82. The van der Waals surface area contributed by atoms with Gasteiger partial charge in [0, 0.05) is 12.0 Å². The topological polar surface area (TPSA) is 47.3 Å². The molecule has 0 aromatic carbocycles. The molecule has 4 heteroatoms. The molecule has 0 spiro atoms. The summed E-state index contributed by atoms with van der Waals surface area (Å²) in [5.74, 6) is 6.36. The highest BCUT2D eigenvalue weighted by Gasteiger charge is 2.31. The molecule has 2 rings (SSSR count). The fourth-order valence-corrected chi connectivity index (χ4v) is 3.69. The van der Waals surface area contributed by atoms with Crippen LogP contribution in [0.15, 0.2) is 17.5 Å². The van der Waals surface area contributed by atoms with E-state index in [9.17, 15) is 0 Å². The maximum Gasteiger partial charge on any atom is 0.0817 e. The van der Waals surface area contributed by atoms with E-state index in [1.54, 1.807) is 18.4 Å². The molecule has 3 nitrogen and oxygen atoms in total. The monoisotopic (exact) mass is 254 g/mol. The van der Waals surface area contributed by atoms with E-state index in [1.165, 1.54) is 37.0 Å². The van der Waals surface area contributed by atoms with E-state index in [0.29, 0.717) is 5.92 Å². The van der Waals surface area contributed by atoms with Crippen molar-refractivity contribution in [2.24, 2.45) is 11.8 Å². The molecular weight excluding hydrogens is 232 g/mol. The van der Waals surface area contributed by atoms with Crippen molar-refractivity contribution in [1.29, 1.82) is 0 Å². The minimum atomic E-state index is 0.128. The number of nitrogens with two attached hydrogens (primary N) is 1. The van der Waals surface area contributed by atoms with Crippen LogP contribution in [0.4, 0.5) is 0 Å². The Labute approximate surface area is 107 Å². The Morgan fingerprint density at radius 2 is 2.18 bits per heavy atom. The second kappa shape index (κ2) is 6.50. The molecule has 3 N–H and O–H groups in total. The molecule has 0 bridgehead atoms. The van der Waals surface area contributed by atoms with Gasteiger partial charge in [0.05, 0.1) is 12.1 Å². The van der Waals surface area contributed by atoms with Gasteiger partial charge in [0.15, 0.2) is 0 Å². The van der Waals surface area contributed by atoms with Crippen LogP contribution in [0, 0.1) is 5.92 Å². The molecule has 2 unspecified atom stereocenters. The van der Waals surface area contributed by atoms with Crippen molar-refractivity contribution >= 4 is 11.3 Å². The summed E-state index contributed by atoms with van der Waals surface area (Å²) in [5, 5.41) is 2.09. The van der Waals surface area contributed by atoms with E-state index >= 15 is 0 Å². The van der Waals surface area contributed by atoms with Crippen molar-refractivity contribution in [3.05, 3.63) is 22.4 Å². The highest BCUT2D eigenvalue weighted by Crippen LogP contribution is 2.34. The van der Waals surface area contributed by atoms with Gasteiger partial charge in [-0.1, -0.05) is 25.3 Å². The zero-order valence-electron chi connectivity index (χ0n) is 10.4. The van der Waals surface area contributed by atoms with Gasteiger partial charge >= 0.3 is 0 Å². The van der Waals surface area contributed by atoms with Crippen LogP contribution >= 0.6 is 11.3 Å². The number of hydrogen-bond acceptors (Lipinski definition) is 4. The first-order valence-corrected chi connectivity index (χ1v) is 7.27. The van der Waals surface area contributed by atoms with Crippen LogP contribution < -0.4 is 11.3 Å². The fraction of sp³-hybridized carbons (Fsp3) is 0.692. The minimum Gasteiger partial charge on any atom is -0.379 e. The number of hydrogen-bond donors (Lipinski definition) is 2. The van der Waals surface area contributed by atoms with Crippen molar-refractivity contribution < 1.29 is 4.74 Å². The first-order chi connectivity index (χ1) is 8.36. The molecule has 0 amide bonds. The standard InChI is InChI=1S/C13H22N2OS/c1-16-13(10-6-3-2-4-7-10)12(15-14)11-8-5-9-17-11/h5,8-10,12-13,15H,2-4,6-7,14H2,1H3. The lowest BCUT2D eigenvalue weighted by molar-refractivity contribution is 0.00838.